The minimum absolute atomic E-state index is 0.312. The number of hydrogen-bond acceptors (Lipinski definition) is 3. The fourth-order valence-electron chi connectivity index (χ4n) is 2.54. The maximum absolute atomic E-state index is 5.73. The van der Waals surface area contributed by atoms with Crippen LogP contribution >= 0.6 is 0 Å². The zero-order valence-electron chi connectivity index (χ0n) is 9.82. The Hall–Kier alpha value is -1.06. The Bertz CT molecular complexity index is 334. The quantitative estimate of drug-likeness (QED) is 0.768. The third kappa shape index (κ3) is 1.85. The molecule has 1 atom stereocenters. The highest BCUT2D eigenvalue weighted by molar-refractivity contribution is 5.18. The van der Waals surface area contributed by atoms with Gasteiger partial charge in [0.05, 0.1) is 0 Å². The van der Waals surface area contributed by atoms with Gasteiger partial charge in [-0.1, -0.05) is 26.7 Å². The molecule has 2 N–H and O–H groups in total. The molecule has 0 bridgehead atoms. The van der Waals surface area contributed by atoms with E-state index in [4.69, 9.17) is 5.73 Å². The Balaban J connectivity index is 2.28. The number of anilines is 1. The monoisotopic (exact) mass is 208 g/mol. The van der Waals surface area contributed by atoms with Gasteiger partial charge in [-0.05, 0) is 18.3 Å². The van der Waals surface area contributed by atoms with Gasteiger partial charge in [0, 0.05) is 13.0 Å². The largest absolute Gasteiger partial charge is 0.368 e. The molecule has 0 amide bonds. The third-order valence-electron chi connectivity index (χ3n) is 3.63. The number of aryl methyl sites for hydroxylation is 1. The standard InChI is InChI=1S/C11H20N4/c1-11(2)7-5-4-6-8(11)9-13-10(12)15(3)14-9/h8H,4-7H2,1-3H3,(H2,12,13,14). The van der Waals surface area contributed by atoms with E-state index in [9.17, 15) is 0 Å². The second-order valence-corrected chi connectivity index (χ2v) is 5.24. The second-order valence-electron chi connectivity index (χ2n) is 5.24. The van der Waals surface area contributed by atoms with Gasteiger partial charge in [-0.15, -0.1) is 0 Å². The molecule has 15 heavy (non-hydrogen) atoms. The van der Waals surface area contributed by atoms with E-state index in [1.807, 2.05) is 7.05 Å². The molecule has 0 radical (unpaired) electrons. The topological polar surface area (TPSA) is 56.7 Å². The summed E-state index contributed by atoms with van der Waals surface area (Å²) in [7, 11) is 1.85. The Morgan fingerprint density at radius 2 is 2.13 bits per heavy atom. The van der Waals surface area contributed by atoms with Crippen molar-refractivity contribution in [3.63, 3.8) is 0 Å². The van der Waals surface area contributed by atoms with E-state index in [0.29, 0.717) is 17.3 Å². The summed E-state index contributed by atoms with van der Waals surface area (Å²) in [6.07, 6.45) is 5.06. The Morgan fingerprint density at radius 1 is 1.40 bits per heavy atom. The summed E-state index contributed by atoms with van der Waals surface area (Å²) >= 11 is 0. The van der Waals surface area contributed by atoms with E-state index in [2.05, 4.69) is 23.9 Å². The minimum Gasteiger partial charge on any atom is -0.368 e. The molecule has 4 heteroatoms. The minimum atomic E-state index is 0.312. The molecule has 1 heterocycles. The second kappa shape index (κ2) is 3.51. The highest BCUT2D eigenvalue weighted by Crippen LogP contribution is 2.45. The average molecular weight is 208 g/mol. The Kier molecular flexibility index (Phi) is 2.44. The van der Waals surface area contributed by atoms with Gasteiger partial charge in [0.2, 0.25) is 5.95 Å². The summed E-state index contributed by atoms with van der Waals surface area (Å²) in [4.78, 5) is 4.36. The number of aromatic nitrogens is 3. The van der Waals surface area contributed by atoms with Crippen molar-refractivity contribution >= 4 is 5.95 Å². The molecule has 0 aromatic carbocycles. The van der Waals surface area contributed by atoms with Gasteiger partial charge in [0.1, 0.15) is 0 Å². The molecule has 1 unspecified atom stereocenters. The van der Waals surface area contributed by atoms with Crippen LogP contribution in [-0.2, 0) is 7.05 Å². The first-order valence-electron chi connectivity index (χ1n) is 5.67. The van der Waals surface area contributed by atoms with Crippen LogP contribution in [0.25, 0.3) is 0 Å². The smallest absolute Gasteiger partial charge is 0.218 e. The molecule has 2 rings (SSSR count). The fraction of sp³-hybridized carbons (Fsp3) is 0.818. The lowest BCUT2D eigenvalue weighted by atomic mass is 9.68. The van der Waals surface area contributed by atoms with Crippen LogP contribution < -0.4 is 5.73 Å². The van der Waals surface area contributed by atoms with Crippen molar-refractivity contribution in [3.8, 4) is 0 Å². The van der Waals surface area contributed by atoms with Crippen LogP contribution in [0, 0.1) is 5.41 Å². The average Bonchev–Trinajstić information content (AvgIpc) is 2.46. The molecule has 0 spiro atoms. The molecule has 0 aliphatic heterocycles. The first-order valence-corrected chi connectivity index (χ1v) is 5.67. The van der Waals surface area contributed by atoms with Crippen molar-refractivity contribution in [2.75, 3.05) is 5.73 Å². The van der Waals surface area contributed by atoms with Crippen molar-refractivity contribution < 1.29 is 0 Å². The lowest BCUT2D eigenvalue weighted by Crippen LogP contribution is -2.27. The zero-order valence-corrected chi connectivity index (χ0v) is 9.82. The maximum atomic E-state index is 5.73. The number of nitrogen functional groups attached to an aromatic ring is 1. The van der Waals surface area contributed by atoms with Crippen molar-refractivity contribution in [2.45, 2.75) is 45.4 Å². The summed E-state index contributed by atoms with van der Waals surface area (Å²) in [5, 5.41) is 4.41. The summed E-state index contributed by atoms with van der Waals surface area (Å²) in [5.74, 6) is 1.92. The van der Waals surface area contributed by atoms with Crippen molar-refractivity contribution in [3.05, 3.63) is 5.82 Å². The van der Waals surface area contributed by atoms with Crippen molar-refractivity contribution in [1.82, 2.24) is 14.8 Å². The van der Waals surface area contributed by atoms with Crippen LogP contribution in [0.3, 0.4) is 0 Å². The van der Waals surface area contributed by atoms with Gasteiger partial charge in [-0.25, -0.2) is 4.68 Å². The van der Waals surface area contributed by atoms with E-state index >= 15 is 0 Å². The van der Waals surface area contributed by atoms with E-state index in [-0.39, 0.29) is 0 Å². The molecule has 0 saturated heterocycles. The lowest BCUT2D eigenvalue weighted by molar-refractivity contribution is 0.192. The van der Waals surface area contributed by atoms with E-state index < -0.39 is 0 Å². The van der Waals surface area contributed by atoms with Crippen molar-refractivity contribution in [2.24, 2.45) is 12.5 Å². The molecule has 1 aliphatic carbocycles. The molecular weight excluding hydrogens is 188 g/mol. The highest BCUT2D eigenvalue weighted by atomic mass is 15.4. The molecule has 84 valence electrons. The Morgan fingerprint density at radius 3 is 2.67 bits per heavy atom. The predicted octanol–water partition coefficient (Wildman–Crippen LogP) is 2.08. The van der Waals surface area contributed by atoms with Gasteiger partial charge in [-0.3, -0.25) is 0 Å². The third-order valence-corrected chi connectivity index (χ3v) is 3.63. The maximum Gasteiger partial charge on any atom is 0.218 e. The number of hydrogen-bond donors (Lipinski definition) is 1. The first kappa shape index (κ1) is 10.5. The lowest BCUT2D eigenvalue weighted by Gasteiger charge is -2.36. The number of nitrogens with two attached hydrogens (primary N) is 1. The van der Waals surface area contributed by atoms with Crippen LogP contribution in [-0.4, -0.2) is 14.8 Å². The van der Waals surface area contributed by atoms with Gasteiger partial charge in [0.25, 0.3) is 0 Å². The van der Waals surface area contributed by atoms with Crippen molar-refractivity contribution in [1.29, 1.82) is 0 Å². The summed E-state index contributed by atoms with van der Waals surface area (Å²) in [6.45, 7) is 4.62. The van der Waals surface area contributed by atoms with Crippen LogP contribution in [0.1, 0.15) is 51.3 Å². The zero-order chi connectivity index (χ0) is 11.1. The summed E-state index contributed by atoms with van der Waals surface area (Å²) in [6, 6.07) is 0. The number of rotatable bonds is 1. The predicted molar refractivity (Wildman–Crippen MR) is 60.4 cm³/mol. The van der Waals surface area contributed by atoms with Gasteiger partial charge < -0.3 is 5.73 Å². The molecular formula is C11H20N4. The van der Waals surface area contributed by atoms with E-state index in [0.717, 1.165) is 5.82 Å². The normalized spacial score (nSPS) is 25.4. The van der Waals surface area contributed by atoms with Gasteiger partial charge >= 0.3 is 0 Å². The van der Waals surface area contributed by atoms with E-state index in [1.165, 1.54) is 25.7 Å². The molecule has 4 nitrogen and oxygen atoms in total. The summed E-state index contributed by atoms with van der Waals surface area (Å²) in [5.41, 5.74) is 6.04. The van der Waals surface area contributed by atoms with E-state index in [1.54, 1.807) is 4.68 Å². The van der Waals surface area contributed by atoms with Crippen LogP contribution in [0.2, 0.25) is 0 Å². The molecule has 1 aromatic rings. The molecule has 1 aliphatic rings. The SMILES string of the molecule is Cn1nc(C2CCCCC2(C)C)nc1N. The van der Waals surface area contributed by atoms with Gasteiger partial charge in [-0.2, -0.15) is 10.1 Å². The van der Waals surface area contributed by atoms with Crippen LogP contribution in [0.15, 0.2) is 0 Å². The highest BCUT2D eigenvalue weighted by Gasteiger charge is 2.35. The van der Waals surface area contributed by atoms with Crippen LogP contribution in [0.5, 0.6) is 0 Å². The molecule has 1 fully saturated rings. The molecule has 1 aromatic heterocycles. The van der Waals surface area contributed by atoms with Gasteiger partial charge in [0.15, 0.2) is 5.82 Å². The molecule has 1 saturated carbocycles. The fourth-order valence-corrected chi connectivity index (χ4v) is 2.54. The van der Waals surface area contributed by atoms with Crippen LogP contribution in [0.4, 0.5) is 5.95 Å². The first-order chi connectivity index (χ1) is 7.00. The number of nitrogens with zero attached hydrogens (tertiary/aromatic N) is 3. The summed E-state index contributed by atoms with van der Waals surface area (Å²) < 4.78 is 1.67. The Labute approximate surface area is 90.9 Å².